The summed E-state index contributed by atoms with van der Waals surface area (Å²) in [5.41, 5.74) is 2.25. The second-order valence-electron chi connectivity index (χ2n) is 5.66. The average molecular weight is 406 g/mol. The lowest BCUT2D eigenvalue weighted by Crippen LogP contribution is -2.34. The molecule has 0 radical (unpaired) electrons. The van der Waals surface area contributed by atoms with Gasteiger partial charge < -0.3 is 15.4 Å². The third-order valence-electron chi connectivity index (χ3n) is 3.71. The number of anilines is 2. The fraction of sp³-hybridized carbons (Fsp3) is 0.211. The highest BCUT2D eigenvalue weighted by Crippen LogP contribution is 2.26. The normalized spacial score (nSPS) is 10.1. The summed E-state index contributed by atoms with van der Waals surface area (Å²) < 4.78 is 5.29. The van der Waals surface area contributed by atoms with Crippen LogP contribution in [0.15, 0.2) is 36.4 Å². The lowest BCUT2D eigenvalue weighted by molar-refractivity contribution is -0.115. The van der Waals surface area contributed by atoms with Gasteiger partial charge in [-0.3, -0.25) is 14.9 Å². The van der Waals surface area contributed by atoms with Gasteiger partial charge in [0.15, 0.2) is 5.11 Å². The van der Waals surface area contributed by atoms with Crippen LogP contribution in [0.5, 0.6) is 5.75 Å². The number of benzene rings is 2. The molecule has 142 valence electrons. The Bertz CT molecular complexity index is 886. The topological polar surface area (TPSA) is 79.5 Å². The van der Waals surface area contributed by atoms with Crippen LogP contribution < -0.4 is 20.7 Å². The fourth-order valence-corrected chi connectivity index (χ4v) is 2.74. The van der Waals surface area contributed by atoms with E-state index in [0.717, 1.165) is 5.56 Å². The van der Waals surface area contributed by atoms with Crippen LogP contribution >= 0.6 is 23.8 Å². The lowest BCUT2D eigenvalue weighted by Gasteiger charge is -2.14. The lowest BCUT2D eigenvalue weighted by atomic mass is 10.1. The van der Waals surface area contributed by atoms with E-state index in [2.05, 4.69) is 16.0 Å². The maximum Gasteiger partial charge on any atom is 0.261 e. The van der Waals surface area contributed by atoms with Gasteiger partial charge in [-0.2, -0.15) is 0 Å². The Morgan fingerprint density at radius 1 is 1.19 bits per heavy atom. The van der Waals surface area contributed by atoms with E-state index >= 15 is 0 Å². The Morgan fingerprint density at radius 2 is 1.93 bits per heavy atom. The molecule has 0 aliphatic heterocycles. The summed E-state index contributed by atoms with van der Waals surface area (Å²) in [5.74, 6) is -0.0367. The predicted octanol–water partition coefficient (Wildman–Crippen LogP) is 4.13. The smallest absolute Gasteiger partial charge is 0.261 e. The molecule has 3 N–H and O–H groups in total. The Labute approximate surface area is 168 Å². The second-order valence-corrected chi connectivity index (χ2v) is 6.48. The van der Waals surface area contributed by atoms with Gasteiger partial charge in [0.1, 0.15) is 5.75 Å². The minimum atomic E-state index is -0.403. The highest BCUT2D eigenvalue weighted by atomic mass is 35.5. The molecule has 0 heterocycles. The number of hydrogen-bond acceptors (Lipinski definition) is 4. The molecule has 0 saturated heterocycles. The number of carbonyl (C=O) groups excluding carboxylic acids is 2. The van der Waals surface area contributed by atoms with Crippen molar-refractivity contribution in [1.29, 1.82) is 0 Å². The fourth-order valence-electron chi connectivity index (χ4n) is 2.37. The summed E-state index contributed by atoms with van der Waals surface area (Å²) >= 11 is 11.4. The van der Waals surface area contributed by atoms with E-state index in [1.54, 1.807) is 37.3 Å². The number of hydrogen-bond donors (Lipinski definition) is 3. The molecule has 0 saturated carbocycles. The van der Waals surface area contributed by atoms with Gasteiger partial charge in [0.2, 0.25) is 5.91 Å². The minimum absolute atomic E-state index is 0.0735. The Balaban J connectivity index is 2.12. The number of amides is 2. The van der Waals surface area contributed by atoms with Gasteiger partial charge in [-0.25, -0.2) is 0 Å². The van der Waals surface area contributed by atoms with E-state index in [4.69, 9.17) is 28.6 Å². The van der Waals surface area contributed by atoms with Crippen LogP contribution in [-0.2, 0) is 4.79 Å². The molecule has 27 heavy (non-hydrogen) atoms. The van der Waals surface area contributed by atoms with Crippen LogP contribution in [0.25, 0.3) is 0 Å². The van der Waals surface area contributed by atoms with Gasteiger partial charge in [-0.1, -0.05) is 30.7 Å². The molecule has 0 fully saturated rings. The van der Waals surface area contributed by atoms with E-state index < -0.39 is 5.91 Å². The van der Waals surface area contributed by atoms with Gasteiger partial charge in [0.25, 0.3) is 5.91 Å². The highest BCUT2D eigenvalue weighted by molar-refractivity contribution is 7.80. The summed E-state index contributed by atoms with van der Waals surface area (Å²) in [5, 5.41) is 8.68. The van der Waals surface area contributed by atoms with Crippen LogP contribution in [0.2, 0.25) is 5.02 Å². The average Bonchev–Trinajstić information content (AvgIpc) is 2.63. The molecule has 2 rings (SSSR count). The van der Waals surface area contributed by atoms with Crippen molar-refractivity contribution in [3.8, 4) is 5.75 Å². The largest absolute Gasteiger partial charge is 0.496 e. The minimum Gasteiger partial charge on any atom is -0.496 e. The van der Waals surface area contributed by atoms with E-state index in [-0.39, 0.29) is 11.0 Å². The molecular formula is C19H20ClN3O3S. The number of carbonyl (C=O) groups is 2. The molecular weight excluding hydrogens is 386 g/mol. The first-order chi connectivity index (χ1) is 12.8. The van der Waals surface area contributed by atoms with Crippen molar-refractivity contribution < 1.29 is 14.3 Å². The first kappa shape index (κ1) is 20.7. The summed E-state index contributed by atoms with van der Waals surface area (Å²) in [6.07, 6.45) is 0.359. The highest BCUT2D eigenvalue weighted by Gasteiger charge is 2.15. The first-order valence-electron chi connectivity index (χ1n) is 8.21. The second kappa shape index (κ2) is 9.34. The summed E-state index contributed by atoms with van der Waals surface area (Å²) in [4.78, 5) is 24.0. The monoisotopic (exact) mass is 405 g/mol. The SMILES string of the molecule is CCC(=O)Nc1ccc(Cl)c(NC(=S)NC(=O)c2cccc(C)c2OC)c1. The predicted molar refractivity (Wildman–Crippen MR) is 112 cm³/mol. The zero-order chi connectivity index (χ0) is 20.0. The number of nitrogens with one attached hydrogen (secondary N) is 3. The van der Waals surface area contributed by atoms with Crippen LogP contribution in [0.1, 0.15) is 29.3 Å². The number of thiocarbonyl (C=S) groups is 1. The molecule has 0 spiro atoms. The molecule has 0 unspecified atom stereocenters. The molecule has 6 nitrogen and oxygen atoms in total. The van der Waals surface area contributed by atoms with Crippen molar-refractivity contribution in [3.63, 3.8) is 0 Å². The van der Waals surface area contributed by atoms with Crippen LogP contribution in [0.3, 0.4) is 0 Å². The zero-order valence-corrected chi connectivity index (χ0v) is 16.8. The number of methoxy groups -OCH3 is 1. The molecule has 0 aliphatic rings. The number of aryl methyl sites for hydroxylation is 1. The van der Waals surface area contributed by atoms with Gasteiger partial charge in [0.05, 0.1) is 23.4 Å². The molecule has 0 atom stereocenters. The van der Waals surface area contributed by atoms with Crippen LogP contribution in [0, 0.1) is 6.92 Å². The molecule has 2 amide bonds. The van der Waals surface area contributed by atoms with E-state index in [1.165, 1.54) is 7.11 Å². The van der Waals surface area contributed by atoms with Crippen molar-refractivity contribution in [3.05, 3.63) is 52.5 Å². The number of para-hydroxylation sites is 1. The Hall–Kier alpha value is -2.64. The summed E-state index contributed by atoms with van der Waals surface area (Å²) in [7, 11) is 1.51. The Kier molecular flexibility index (Phi) is 7.15. The molecule has 2 aromatic carbocycles. The molecule has 0 bridgehead atoms. The zero-order valence-electron chi connectivity index (χ0n) is 15.2. The third kappa shape index (κ3) is 5.42. The van der Waals surface area contributed by atoms with Gasteiger partial charge in [0, 0.05) is 12.1 Å². The van der Waals surface area contributed by atoms with Gasteiger partial charge in [-0.05, 0) is 49.0 Å². The van der Waals surface area contributed by atoms with Crippen molar-refractivity contribution in [2.24, 2.45) is 0 Å². The Morgan fingerprint density at radius 3 is 2.59 bits per heavy atom. The van der Waals surface area contributed by atoms with E-state index in [9.17, 15) is 9.59 Å². The maximum absolute atomic E-state index is 12.5. The summed E-state index contributed by atoms with van der Waals surface area (Å²) in [6, 6.07) is 10.2. The summed E-state index contributed by atoms with van der Waals surface area (Å²) in [6.45, 7) is 3.61. The van der Waals surface area contributed by atoms with E-state index in [1.807, 2.05) is 13.0 Å². The van der Waals surface area contributed by atoms with Crippen molar-refractivity contribution >= 4 is 52.1 Å². The maximum atomic E-state index is 12.5. The third-order valence-corrected chi connectivity index (χ3v) is 4.24. The van der Waals surface area contributed by atoms with Crippen LogP contribution in [0.4, 0.5) is 11.4 Å². The van der Waals surface area contributed by atoms with Crippen molar-refractivity contribution in [1.82, 2.24) is 5.32 Å². The van der Waals surface area contributed by atoms with Crippen LogP contribution in [-0.4, -0.2) is 24.0 Å². The van der Waals surface area contributed by atoms with Crippen molar-refractivity contribution in [2.75, 3.05) is 17.7 Å². The number of halogens is 1. The number of ether oxygens (including phenoxy) is 1. The first-order valence-corrected chi connectivity index (χ1v) is 8.99. The van der Waals surface area contributed by atoms with E-state index in [0.29, 0.717) is 34.1 Å². The number of rotatable bonds is 5. The molecule has 8 heteroatoms. The molecule has 0 aliphatic carbocycles. The van der Waals surface area contributed by atoms with Gasteiger partial charge in [-0.15, -0.1) is 0 Å². The quantitative estimate of drug-likeness (QED) is 0.652. The van der Waals surface area contributed by atoms with Gasteiger partial charge >= 0.3 is 0 Å². The molecule has 2 aromatic rings. The standard InChI is InChI=1S/C19H20ClN3O3S/c1-4-16(24)21-12-8-9-14(20)15(10-12)22-19(27)23-18(25)13-7-5-6-11(2)17(13)26-3/h5-10H,4H2,1-3H3,(H,21,24)(H2,22,23,25,27). The molecule has 0 aromatic heterocycles. The van der Waals surface area contributed by atoms with Crippen molar-refractivity contribution in [2.45, 2.75) is 20.3 Å².